The molecule has 3 fully saturated rings. The van der Waals surface area contributed by atoms with E-state index in [4.69, 9.17) is 0 Å². The third kappa shape index (κ3) is 2.85. The van der Waals surface area contributed by atoms with Crippen LogP contribution in [-0.4, -0.2) is 50.8 Å². The predicted octanol–water partition coefficient (Wildman–Crippen LogP) is 1.97. The number of hydrogen-bond acceptors (Lipinski definition) is 4. The maximum atomic E-state index is 12.9. The summed E-state index contributed by atoms with van der Waals surface area (Å²) in [6, 6.07) is -0.412. The topological polar surface area (TPSA) is 91.0 Å². The third-order valence-corrected chi connectivity index (χ3v) is 5.70. The molecular formula is C19H23N5O2. The molecule has 5 rings (SSSR count). The Hall–Kier alpha value is -2.44. The number of amides is 2. The summed E-state index contributed by atoms with van der Waals surface area (Å²) < 4.78 is 0. The van der Waals surface area contributed by atoms with Crippen molar-refractivity contribution in [1.29, 1.82) is 0 Å². The van der Waals surface area contributed by atoms with Crippen LogP contribution in [0.5, 0.6) is 0 Å². The molecule has 1 atom stereocenters. The molecule has 2 N–H and O–H groups in total. The van der Waals surface area contributed by atoms with E-state index in [2.05, 4.69) is 20.3 Å². The smallest absolute Gasteiger partial charge is 0.255 e. The summed E-state index contributed by atoms with van der Waals surface area (Å²) in [6.45, 7) is 1.61. The van der Waals surface area contributed by atoms with E-state index in [1.165, 1.54) is 0 Å². The normalized spacial score (nSPS) is 21.2. The van der Waals surface area contributed by atoms with Crippen molar-refractivity contribution in [1.82, 2.24) is 25.2 Å². The fraction of sp³-hybridized carbons (Fsp3) is 0.579. The molecule has 2 amide bonds. The predicted molar refractivity (Wildman–Crippen MR) is 95.7 cm³/mol. The molecule has 3 aliphatic rings. The van der Waals surface area contributed by atoms with Gasteiger partial charge in [-0.3, -0.25) is 9.59 Å². The number of aromatic nitrogens is 3. The highest BCUT2D eigenvalue weighted by Gasteiger charge is 2.40. The maximum absolute atomic E-state index is 12.9. The van der Waals surface area contributed by atoms with E-state index in [0.29, 0.717) is 22.6 Å². The quantitative estimate of drug-likeness (QED) is 0.860. The van der Waals surface area contributed by atoms with Gasteiger partial charge in [-0.2, -0.15) is 0 Å². The van der Waals surface area contributed by atoms with Crippen LogP contribution in [0.15, 0.2) is 12.4 Å². The van der Waals surface area contributed by atoms with E-state index in [-0.39, 0.29) is 17.7 Å². The SMILES string of the molecule is O=C(N[C@H](C(=O)N1CCCC1)C1CC1)c1c[nH]c2ncc(C3CC3)nc12. The fourth-order valence-corrected chi connectivity index (χ4v) is 3.82. The lowest BCUT2D eigenvalue weighted by Gasteiger charge is -2.23. The monoisotopic (exact) mass is 353 g/mol. The van der Waals surface area contributed by atoms with E-state index in [1.807, 2.05) is 4.90 Å². The first-order valence-electron chi connectivity index (χ1n) is 9.64. The number of H-pyrrole nitrogens is 1. The summed E-state index contributed by atoms with van der Waals surface area (Å²) in [4.78, 5) is 39.7. The summed E-state index contributed by atoms with van der Waals surface area (Å²) in [5.41, 5.74) is 2.66. The maximum Gasteiger partial charge on any atom is 0.255 e. The summed E-state index contributed by atoms with van der Waals surface area (Å²) in [7, 11) is 0. The third-order valence-electron chi connectivity index (χ3n) is 5.70. The van der Waals surface area contributed by atoms with Crippen molar-refractivity contribution in [2.75, 3.05) is 13.1 Å². The molecule has 2 saturated carbocycles. The molecule has 3 heterocycles. The van der Waals surface area contributed by atoms with Crippen LogP contribution >= 0.6 is 0 Å². The molecule has 7 nitrogen and oxygen atoms in total. The fourth-order valence-electron chi connectivity index (χ4n) is 3.82. The van der Waals surface area contributed by atoms with Gasteiger partial charge < -0.3 is 15.2 Å². The van der Waals surface area contributed by atoms with Crippen molar-refractivity contribution in [3.05, 3.63) is 23.7 Å². The van der Waals surface area contributed by atoms with Crippen LogP contribution in [0, 0.1) is 5.92 Å². The molecule has 0 bridgehead atoms. The lowest BCUT2D eigenvalue weighted by molar-refractivity contribution is -0.132. The number of nitrogens with one attached hydrogen (secondary N) is 2. The van der Waals surface area contributed by atoms with Crippen LogP contribution in [0.2, 0.25) is 0 Å². The molecule has 1 saturated heterocycles. The number of nitrogens with zero attached hydrogens (tertiary/aromatic N) is 3. The molecule has 0 aromatic carbocycles. The van der Waals surface area contributed by atoms with Crippen molar-refractivity contribution in [2.24, 2.45) is 5.92 Å². The standard InChI is InChI=1S/C19H23N5O2/c25-18(23-15(12-5-6-12)19(26)24-7-1-2-8-24)13-9-20-17-16(13)22-14(10-21-17)11-3-4-11/h9-12,15H,1-8H2,(H,20,21)(H,23,25)/t15-/m0/s1. The molecule has 1 aliphatic heterocycles. The van der Waals surface area contributed by atoms with Crippen LogP contribution in [0.4, 0.5) is 0 Å². The molecule has 2 aromatic rings. The van der Waals surface area contributed by atoms with Crippen LogP contribution in [0.25, 0.3) is 11.2 Å². The Kier molecular flexibility index (Phi) is 3.69. The van der Waals surface area contributed by atoms with Crippen LogP contribution in [0.3, 0.4) is 0 Å². The summed E-state index contributed by atoms with van der Waals surface area (Å²) in [6.07, 6.45) is 9.84. The Morgan fingerprint density at radius 3 is 2.65 bits per heavy atom. The average molecular weight is 353 g/mol. The van der Waals surface area contributed by atoms with Crippen LogP contribution < -0.4 is 5.32 Å². The Balaban J connectivity index is 1.39. The zero-order valence-corrected chi connectivity index (χ0v) is 14.7. The highest BCUT2D eigenvalue weighted by atomic mass is 16.2. The molecule has 7 heteroatoms. The number of rotatable bonds is 5. The second-order valence-electron chi connectivity index (χ2n) is 7.79. The van der Waals surface area contributed by atoms with Gasteiger partial charge in [-0.1, -0.05) is 0 Å². The Bertz CT molecular complexity index is 862. The Labute approximate surface area is 151 Å². The first-order chi connectivity index (χ1) is 12.7. The lowest BCUT2D eigenvalue weighted by Crippen LogP contribution is -2.49. The second-order valence-corrected chi connectivity index (χ2v) is 7.79. The minimum atomic E-state index is -0.412. The van der Waals surface area contributed by atoms with Gasteiger partial charge in [0, 0.05) is 25.2 Å². The van der Waals surface area contributed by atoms with E-state index in [0.717, 1.165) is 57.3 Å². The molecule has 2 aromatic heterocycles. The Morgan fingerprint density at radius 1 is 1.19 bits per heavy atom. The Morgan fingerprint density at radius 2 is 1.96 bits per heavy atom. The van der Waals surface area contributed by atoms with Gasteiger partial charge in [0.1, 0.15) is 11.6 Å². The number of carbonyl (C=O) groups excluding carboxylic acids is 2. The molecule has 26 heavy (non-hydrogen) atoms. The van der Waals surface area contributed by atoms with Gasteiger partial charge in [0.2, 0.25) is 5.91 Å². The highest BCUT2D eigenvalue weighted by Crippen LogP contribution is 2.39. The van der Waals surface area contributed by atoms with Gasteiger partial charge in [-0.05, 0) is 44.4 Å². The summed E-state index contributed by atoms with van der Waals surface area (Å²) in [5, 5.41) is 3.00. The average Bonchev–Trinajstić information content (AvgIpc) is 3.58. The van der Waals surface area contributed by atoms with E-state index >= 15 is 0 Å². The summed E-state index contributed by atoms with van der Waals surface area (Å²) in [5.74, 6) is 0.588. The number of hydrogen-bond donors (Lipinski definition) is 2. The van der Waals surface area contributed by atoms with Gasteiger partial charge in [-0.15, -0.1) is 0 Å². The minimum Gasteiger partial charge on any atom is -0.344 e. The lowest BCUT2D eigenvalue weighted by atomic mass is 10.1. The van der Waals surface area contributed by atoms with Crippen molar-refractivity contribution >= 4 is 23.0 Å². The first kappa shape index (κ1) is 15.8. The molecule has 0 unspecified atom stereocenters. The van der Waals surface area contributed by atoms with Crippen molar-refractivity contribution in [2.45, 2.75) is 50.5 Å². The molecule has 2 aliphatic carbocycles. The molecule has 136 valence electrons. The number of aromatic amines is 1. The number of fused-ring (bicyclic) bond motifs is 1. The zero-order valence-electron chi connectivity index (χ0n) is 14.7. The van der Waals surface area contributed by atoms with Crippen LogP contribution in [-0.2, 0) is 4.79 Å². The molecular weight excluding hydrogens is 330 g/mol. The first-order valence-corrected chi connectivity index (χ1v) is 9.64. The largest absolute Gasteiger partial charge is 0.344 e. The van der Waals surface area contributed by atoms with E-state index in [9.17, 15) is 9.59 Å². The van der Waals surface area contributed by atoms with Gasteiger partial charge in [0.15, 0.2) is 5.65 Å². The number of carbonyl (C=O) groups is 2. The van der Waals surface area contributed by atoms with Gasteiger partial charge in [0.25, 0.3) is 5.91 Å². The molecule has 0 spiro atoms. The van der Waals surface area contributed by atoms with Gasteiger partial charge >= 0.3 is 0 Å². The number of likely N-dealkylation sites (tertiary alicyclic amines) is 1. The second kappa shape index (κ2) is 6.07. The zero-order chi connectivity index (χ0) is 17.7. The van der Waals surface area contributed by atoms with Crippen LogP contribution in [0.1, 0.15) is 60.5 Å². The minimum absolute atomic E-state index is 0.0722. The van der Waals surface area contributed by atoms with Gasteiger partial charge in [0.05, 0.1) is 17.5 Å². The van der Waals surface area contributed by atoms with Gasteiger partial charge in [-0.25, -0.2) is 9.97 Å². The van der Waals surface area contributed by atoms with E-state index < -0.39 is 6.04 Å². The van der Waals surface area contributed by atoms with E-state index in [1.54, 1.807) is 12.4 Å². The molecule has 0 radical (unpaired) electrons. The van der Waals surface area contributed by atoms with Crippen molar-refractivity contribution < 1.29 is 9.59 Å². The van der Waals surface area contributed by atoms with Crippen molar-refractivity contribution in [3.8, 4) is 0 Å². The summed E-state index contributed by atoms with van der Waals surface area (Å²) >= 11 is 0. The highest BCUT2D eigenvalue weighted by molar-refractivity contribution is 6.06. The van der Waals surface area contributed by atoms with Crippen molar-refractivity contribution in [3.63, 3.8) is 0 Å².